The van der Waals surface area contributed by atoms with Crippen LogP contribution in [0.15, 0.2) is 27.2 Å². The van der Waals surface area contributed by atoms with Crippen LogP contribution in [0.5, 0.6) is 0 Å². The zero-order valence-corrected chi connectivity index (χ0v) is 11.0. The average molecular weight is 262 g/mol. The monoisotopic (exact) mass is 262 g/mol. The number of rotatable bonds is 4. The first-order chi connectivity index (χ1) is 9.26. The molecule has 2 aromatic heterocycles. The van der Waals surface area contributed by atoms with E-state index in [-0.39, 0.29) is 6.61 Å². The van der Waals surface area contributed by atoms with Crippen LogP contribution in [0.25, 0.3) is 11.7 Å². The van der Waals surface area contributed by atoms with Gasteiger partial charge in [-0.3, -0.25) is 4.90 Å². The molecule has 1 aliphatic heterocycles. The van der Waals surface area contributed by atoms with Crippen molar-refractivity contribution in [2.24, 2.45) is 5.92 Å². The van der Waals surface area contributed by atoms with E-state index in [0.29, 0.717) is 17.6 Å². The van der Waals surface area contributed by atoms with Gasteiger partial charge in [-0.05, 0) is 37.9 Å². The summed E-state index contributed by atoms with van der Waals surface area (Å²) in [6.45, 7) is 4.90. The molecule has 1 N–H and O–H groups in total. The van der Waals surface area contributed by atoms with Gasteiger partial charge in [0.15, 0.2) is 5.76 Å². The number of hydrogen-bond acceptors (Lipinski definition) is 5. The van der Waals surface area contributed by atoms with Crippen LogP contribution >= 0.6 is 0 Å². The van der Waals surface area contributed by atoms with Gasteiger partial charge in [0, 0.05) is 19.7 Å². The smallest absolute Gasteiger partial charge is 0.263 e. The van der Waals surface area contributed by atoms with Crippen LogP contribution in [0.2, 0.25) is 0 Å². The molecule has 1 aliphatic rings. The molecule has 0 radical (unpaired) electrons. The van der Waals surface area contributed by atoms with Crippen LogP contribution in [0.1, 0.15) is 17.9 Å². The Morgan fingerprint density at radius 1 is 1.53 bits per heavy atom. The highest BCUT2D eigenvalue weighted by atomic mass is 16.4. The number of aliphatic hydroxyl groups is 1. The fourth-order valence-electron chi connectivity index (χ4n) is 2.50. The number of likely N-dealkylation sites (tertiary alicyclic amines) is 1. The van der Waals surface area contributed by atoms with E-state index in [1.54, 1.807) is 6.26 Å². The second kappa shape index (κ2) is 5.19. The molecule has 1 fully saturated rings. The van der Waals surface area contributed by atoms with Crippen molar-refractivity contribution < 1.29 is 13.9 Å². The van der Waals surface area contributed by atoms with Crippen molar-refractivity contribution in [3.8, 4) is 11.7 Å². The van der Waals surface area contributed by atoms with Crippen LogP contribution in [0.3, 0.4) is 0 Å². The zero-order valence-electron chi connectivity index (χ0n) is 11.0. The summed E-state index contributed by atoms with van der Waals surface area (Å²) in [7, 11) is 0. The number of aryl methyl sites for hydroxylation is 1. The van der Waals surface area contributed by atoms with Crippen LogP contribution in [0.4, 0.5) is 0 Å². The molecule has 0 aliphatic carbocycles. The number of hydrogen-bond donors (Lipinski definition) is 1. The maximum absolute atomic E-state index is 9.16. The van der Waals surface area contributed by atoms with Crippen LogP contribution < -0.4 is 0 Å². The Morgan fingerprint density at radius 3 is 3.11 bits per heavy atom. The van der Waals surface area contributed by atoms with Crippen LogP contribution in [-0.2, 0) is 6.54 Å². The largest absolute Gasteiger partial charge is 0.459 e. The van der Waals surface area contributed by atoms with Crippen molar-refractivity contribution in [3.63, 3.8) is 0 Å². The molecular weight excluding hydrogens is 244 g/mol. The van der Waals surface area contributed by atoms with Crippen molar-refractivity contribution >= 4 is 0 Å². The van der Waals surface area contributed by atoms with Gasteiger partial charge in [0.2, 0.25) is 0 Å². The topological polar surface area (TPSA) is 62.6 Å². The summed E-state index contributed by atoms with van der Waals surface area (Å²) in [5, 5.41) is 9.16. The summed E-state index contributed by atoms with van der Waals surface area (Å²) >= 11 is 0. The first-order valence-electron chi connectivity index (χ1n) is 6.59. The molecular formula is C14H18N2O3. The Morgan fingerprint density at radius 2 is 2.42 bits per heavy atom. The van der Waals surface area contributed by atoms with E-state index in [1.807, 2.05) is 19.1 Å². The SMILES string of the molecule is Cc1oc(-c2ccco2)nc1CN1CCC(CO)C1. The van der Waals surface area contributed by atoms with Crippen molar-refractivity contribution in [1.82, 2.24) is 9.88 Å². The van der Waals surface area contributed by atoms with Gasteiger partial charge in [0.1, 0.15) is 5.76 Å². The van der Waals surface area contributed by atoms with Gasteiger partial charge in [0.05, 0.1) is 12.0 Å². The van der Waals surface area contributed by atoms with E-state index in [1.165, 1.54) is 0 Å². The Hall–Kier alpha value is -1.59. The Labute approximate surface area is 111 Å². The molecule has 0 bridgehead atoms. The maximum Gasteiger partial charge on any atom is 0.263 e. The fraction of sp³-hybridized carbons (Fsp3) is 0.500. The molecule has 102 valence electrons. The molecule has 1 atom stereocenters. The lowest BCUT2D eigenvalue weighted by atomic mass is 10.1. The first kappa shape index (κ1) is 12.4. The highest BCUT2D eigenvalue weighted by Gasteiger charge is 2.24. The highest BCUT2D eigenvalue weighted by Crippen LogP contribution is 2.24. The molecule has 3 heterocycles. The summed E-state index contributed by atoms with van der Waals surface area (Å²) in [4.78, 5) is 6.81. The highest BCUT2D eigenvalue weighted by molar-refractivity contribution is 5.44. The van der Waals surface area contributed by atoms with Gasteiger partial charge >= 0.3 is 0 Å². The van der Waals surface area contributed by atoms with Crippen molar-refractivity contribution in [3.05, 3.63) is 29.9 Å². The van der Waals surface area contributed by atoms with Gasteiger partial charge in [-0.2, -0.15) is 0 Å². The Balaban J connectivity index is 1.72. The van der Waals surface area contributed by atoms with E-state index in [0.717, 1.165) is 37.5 Å². The molecule has 19 heavy (non-hydrogen) atoms. The predicted molar refractivity (Wildman–Crippen MR) is 69.4 cm³/mol. The van der Waals surface area contributed by atoms with E-state index in [2.05, 4.69) is 9.88 Å². The number of aromatic nitrogens is 1. The summed E-state index contributed by atoms with van der Waals surface area (Å²) < 4.78 is 10.9. The molecule has 5 heteroatoms. The minimum absolute atomic E-state index is 0.270. The number of nitrogens with zero attached hydrogens (tertiary/aromatic N) is 2. The van der Waals surface area contributed by atoms with Crippen LogP contribution in [0, 0.1) is 12.8 Å². The third-order valence-electron chi connectivity index (χ3n) is 3.63. The number of oxazole rings is 1. The molecule has 3 rings (SSSR count). The fourth-order valence-corrected chi connectivity index (χ4v) is 2.50. The van der Waals surface area contributed by atoms with E-state index < -0.39 is 0 Å². The quantitative estimate of drug-likeness (QED) is 0.913. The lowest BCUT2D eigenvalue weighted by Crippen LogP contribution is -2.21. The second-order valence-electron chi connectivity index (χ2n) is 5.07. The first-order valence-corrected chi connectivity index (χ1v) is 6.59. The Bertz CT molecular complexity index is 533. The molecule has 5 nitrogen and oxygen atoms in total. The lowest BCUT2D eigenvalue weighted by molar-refractivity contribution is 0.219. The molecule has 0 aromatic carbocycles. The van der Waals surface area contributed by atoms with Gasteiger partial charge in [-0.15, -0.1) is 0 Å². The maximum atomic E-state index is 9.16. The van der Waals surface area contributed by atoms with Crippen LogP contribution in [-0.4, -0.2) is 34.7 Å². The van der Waals surface area contributed by atoms with Crippen molar-refractivity contribution in [1.29, 1.82) is 0 Å². The number of aliphatic hydroxyl groups excluding tert-OH is 1. The molecule has 0 saturated carbocycles. The predicted octanol–water partition coefficient (Wildman–Crippen LogP) is 2.06. The Kier molecular flexibility index (Phi) is 3.40. The molecule has 0 spiro atoms. The molecule has 2 aromatic rings. The van der Waals surface area contributed by atoms with Crippen molar-refractivity contribution in [2.45, 2.75) is 19.9 Å². The lowest BCUT2D eigenvalue weighted by Gasteiger charge is -2.13. The summed E-state index contributed by atoms with van der Waals surface area (Å²) in [6, 6.07) is 3.66. The summed E-state index contributed by atoms with van der Waals surface area (Å²) in [5.74, 6) is 2.43. The normalized spacial score (nSPS) is 20.2. The van der Waals surface area contributed by atoms with Gasteiger partial charge < -0.3 is 13.9 Å². The summed E-state index contributed by atoms with van der Waals surface area (Å²) in [6.07, 6.45) is 2.67. The third kappa shape index (κ3) is 2.57. The van der Waals surface area contributed by atoms with E-state index in [9.17, 15) is 0 Å². The minimum atomic E-state index is 0.270. The molecule has 0 amide bonds. The molecule has 1 unspecified atom stereocenters. The van der Waals surface area contributed by atoms with E-state index in [4.69, 9.17) is 13.9 Å². The summed E-state index contributed by atoms with van der Waals surface area (Å²) in [5.41, 5.74) is 0.949. The zero-order chi connectivity index (χ0) is 13.2. The second-order valence-corrected chi connectivity index (χ2v) is 5.07. The van der Waals surface area contributed by atoms with E-state index >= 15 is 0 Å². The van der Waals surface area contributed by atoms with Gasteiger partial charge in [0.25, 0.3) is 5.89 Å². The number of furan rings is 1. The van der Waals surface area contributed by atoms with Gasteiger partial charge in [-0.25, -0.2) is 4.98 Å². The minimum Gasteiger partial charge on any atom is -0.459 e. The van der Waals surface area contributed by atoms with Gasteiger partial charge in [-0.1, -0.05) is 0 Å². The molecule has 1 saturated heterocycles. The standard InChI is InChI=1S/C14H18N2O3/c1-10-12(8-16-5-4-11(7-16)9-17)15-14(19-10)13-3-2-6-18-13/h2-3,6,11,17H,4-5,7-9H2,1H3. The average Bonchev–Trinajstić information content (AvgIpc) is 3.12. The third-order valence-corrected chi connectivity index (χ3v) is 3.63. The van der Waals surface area contributed by atoms with Crippen molar-refractivity contribution in [2.75, 3.05) is 19.7 Å².